The molecule has 1 fully saturated rings. The second kappa shape index (κ2) is 15.4. The highest BCUT2D eigenvalue weighted by molar-refractivity contribution is 6.01. The number of rotatable bonds is 9. The van der Waals surface area contributed by atoms with Crippen molar-refractivity contribution in [1.29, 1.82) is 0 Å². The first kappa shape index (κ1) is 30.4. The Labute approximate surface area is 219 Å². The van der Waals surface area contributed by atoms with E-state index in [2.05, 4.69) is 14.4 Å². The van der Waals surface area contributed by atoms with Crippen molar-refractivity contribution in [3.63, 3.8) is 0 Å². The second-order valence-corrected chi connectivity index (χ2v) is 8.04. The molecule has 0 unspecified atom stereocenters. The summed E-state index contributed by atoms with van der Waals surface area (Å²) in [5, 5.41) is 28.0. The predicted molar refractivity (Wildman–Crippen MR) is 132 cm³/mol. The number of hydrogen-bond acceptors (Lipinski definition) is 12. The predicted octanol–water partition coefficient (Wildman–Crippen LogP) is 0.567. The summed E-state index contributed by atoms with van der Waals surface area (Å²) < 4.78 is 18.7. The Balaban J connectivity index is 0.000000538. The fraction of sp³-hybridized carbons (Fsp3) is 0.385. The third kappa shape index (κ3) is 9.23. The normalized spacial score (nSPS) is 14.3. The van der Waals surface area contributed by atoms with Crippen LogP contribution in [0.4, 0.5) is 0 Å². The summed E-state index contributed by atoms with van der Waals surface area (Å²) in [4.78, 5) is 49.8. The van der Waals surface area contributed by atoms with E-state index in [4.69, 9.17) is 14.6 Å². The maximum atomic E-state index is 11.9. The minimum Gasteiger partial charge on any atom is -0.497 e. The molecular weight excluding hydrogens is 502 g/mol. The fourth-order valence-electron chi connectivity index (χ4n) is 3.28. The van der Waals surface area contributed by atoms with Gasteiger partial charge in [-0.1, -0.05) is 0 Å². The van der Waals surface area contributed by atoms with Crippen LogP contribution < -0.4 is 9.47 Å². The van der Waals surface area contributed by atoms with Gasteiger partial charge in [0.25, 0.3) is 0 Å². The monoisotopic (exact) mass is 533 g/mol. The van der Waals surface area contributed by atoms with Gasteiger partial charge >= 0.3 is 23.9 Å². The van der Waals surface area contributed by atoms with Crippen molar-refractivity contribution in [1.82, 2.24) is 4.90 Å². The van der Waals surface area contributed by atoms with Crippen LogP contribution in [0.2, 0.25) is 0 Å². The standard InChI is InChI=1S/C20H18O10.C6H13NO/c1-27-13-7-3-11(4-8-13)17(23)29-19(25)15(21)16(22)20(26)30-18(24)12-5-9-14(28-2)10-6-12;8-6-5-7-3-1-2-4-7/h3-10,15-16,21-22H,1-2H3;8H,1-6H2/t15-,16-;/m1./s1. The van der Waals surface area contributed by atoms with E-state index in [0.29, 0.717) is 18.1 Å². The van der Waals surface area contributed by atoms with Gasteiger partial charge in [0, 0.05) is 6.54 Å². The number of nitrogens with zero attached hydrogens (tertiary/aromatic N) is 1. The molecule has 2 atom stereocenters. The molecule has 0 aromatic heterocycles. The molecule has 0 radical (unpaired) electrons. The number of likely N-dealkylation sites (tertiary alicyclic amines) is 1. The zero-order valence-electron chi connectivity index (χ0n) is 21.1. The van der Waals surface area contributed by atoms with Gasteiger partial charge in [0.2, 0.25) is 0 Å². The number of benzene rings is 2. The van der Waals surface area contributed by atoms with Gasteiger partial charge < -0.3 is 39.2 Å². The van der Waals surface area contributed by atoms with Crippen molar-refractivity contribution >= 4 is 23.9 Å². The Kier molecular flexibility index (Phi) is 12.3. The maximum absolute atomic E-state index is 11.9. The summed E-state index contributed by atoms with van der Waals surface area (Å²) in [5.74, 6) is -4.54. The number of aliphatic hydroxyl groups excluding tert-OH is 3. The Morgan fingerprint density at radius 1 is 0.737 bits per heavy atom. The number of aliphatic hydroxyl groups is 3. The van der Waals surface area contributed by atoms with E-state index in [1.165, 1.54) is 88.7 Å². The van der Waals surface area contributed by atoms with Crippen LogP contribution >= 0.6 is 0 Å². The van der Waals surface area contributed by atoms with Crippen LogP contribution in [0.15, 0.2) is 48.5 Å². The van der Waals surface area contributed by atoms with E-state index in [9.17, 15) is 29.4 Å². The highest BCUT2D eigenvalue weighted by Crippen LogP contribution is 2.14. The first-order valence-electron chi connectivity index (χ1n) is 11.7. The van der Waals surface area contributed by atoms with E-state index in [1.807, 2.05) is 0 Å². The number of β-amino-alcohol motifs (C(OH)–C–C–N with tert-alkyl or cyclic N) is 1. The lowest BCUT2D eigenvalue weighted by Crippen LogP contribution is -2.43. The van der Waals surface area contributed by atoms with Gasteiger partial charge in [-0.15, -0.1) is 0 Å². The molecule has 12 nitrogen and oxygen atoms in total. The van der Waals surface area contributed by atoms with Gasteiger partial charge in [-0.05, 0) is 74.5 Å². The molecule has 0 amide bonds. The number of ether oxygens (including phenoxy) is 4. The molecule has 0 aliphatic carbocycles. The smallest absolute Gasteiger partial charge is 0.346 e. The first-order chi connectivity index (χ1) is 18.2. The van der Waals surface area contributed by atoms with E-state index in [0.717, 1.165) is 6.54 Å². The molecule has 206 valence electrons. The molecule has 1 saturated heterocycles. The molecule has 1 aliphatic rings. The summed E-state index contributed by atoms with van der Waals surface area (Å²) in [7, 11) is 2.85. The van der Waals surface area contributed by atoms with E-state index in [-0.39, 0.29) is 11.1 Å². The van der Waals surface area contributed by atoms with Crippen molar-refractivity contribution in [3.05, 3.63) is 59.7 Å². The summed E-state index contributed by atoms with van der Waals surface area (Å²) in [6.07, 6.45) is -2.27. The molecule has 0 saturated carbocycles. The number of methoxy groups -OCH3 is 2. The topological polar surface area (TPSA) is 169 Å². The van der Waals surface area contributed by atoms with Crippen molar-refractivity contribution < 1.29 is 53.4 Å². The fourth-order valence-corrected chi connectivity index (χ4v) is 3.28. The number of carbonyl (C=O) groups excluding carboxylic acids is 4. The van der Waals surface area contributed by atoms with Crippen LogP contribution in [0.3, 0.4) is 0 Å². The average molecular weight is 534 g/mol. The molecule has 12 heteroatoms. The zero-order chi connectivity index (χ0) is 28.1. The van der Waals surface area contributed by atoms with Crippen LogP contribution in [-0.2, 0) is 19.1 Å². The minimum atomic E-state index is -2.46. The van der Waals surface area contributed by atoms with Gasteiger partial charge in [0.05, 0.1) is 32.0 Å². The Bertz CT molecular complexity index is 986. The lowest BCUT2D eigenvalue weighted by Gasteiger charge is -2.14. The second-order valence-electron chi connectivity index (χ2n) is 8.04. The van der Waals surface area contributed by atoms with Crippen LogP contribution in [0.5, 0.6) is 11.5 Å². The van der Waals surface area contributed by atoms with Crippen LogP contribution in [0, 0.1) is 0 Å². The summed E-state index contributed by atoms with van der Waals surface area (Å²) in [6, 6.07) is 11.0. The Hall–Kier alpha value is -3.84. The molecule has 3 rings (SSSR count). The molecule has 0 bridgehead atoms. The molecule has 1 aliphatic heterocycles. The third-order valence-corrected chi connectivity index (χ3v) is 5.43. The zero-order valence-corrected chi connectivity index (χ0v) is 21.1. The minimum absolute atomic E-state index is 0.0388. The lowest BCUT2D eigenvalue weighted by molar-refractivity contribution is -0.166. The Morgan fingerprint density at radius 2 is 1.11 bits per heavy atom. The molecule has 3 N–H and O–H groups in total. The van der Waals surface area contributed by atoms with Gasteiger partial charge in [-0.3, -0.25) is 0 Å². The van der Waals surface area contributed by atoms with Gasteiger partial charge in [-0.2, -0.15) is 0 Å². The van der Waals surface area contributed by atoms with Gasteiger partial charge in [-0.25, -0.2) is 19.2 Å². The highest BCUT2D eigenvalue weighted by Gasteiger charge is 2.35. The van der Waals surface area contributed by atoms with Crippen LogP contribution in [0.1, 0.15) is 33.6 Å². The first-order valence-corrected chi connectivity index (χ1v) is 11.7. The number of carbonyl (C=O) groups is 4. The largest absolute Gasteiger partial charge is 0.497 e. The molecular formula is C26H31NO11. The molecule has 0 spiro atoms. The lowest BCUT2D eigenvalue weighted by atomic mass is 10.2. The van der Waals surface area contributed by atoms with Crippen LogP contribution in [0.25, 0.3) is 0 Å². The quantitative estimate of drug-likeness (QED) is 0.303. The number of hydrogen-bond donors (Lipinski definition) is 3. The Morgan fingerprint density at radius 3 is 1.42 bits per heavy atom. The van der Waals surface area contributed by atoms with E-state index < -0.39 is 36.1 Å². The summed E-state index contributed by atoms with van der Waals surface area (Å²) in [5.41, 5.74) is -0.0776. The van der Waals surface area contributed by atoms with Gasteiger partial charge in [0.15, 0.2) is 12.2 Å². The third-order valence-electron chi connectivity index (χ3n) is 5.43. The SMILES string of the molecule is COc1ccc(C(=O)OC(=O)[C@H](O)[C@@H](O)C(=O)OC(=O)c2ccc(OC)cc2)cc1.OCCN1CCCC1. The molecule has 2 aromatic rings. The van der Waals surface area contributed by atoms with E-state index >= 15 is 0 Å². The average Bonchev–Trinajstić information content (AvgIpc) is 3.46. The van der Waals surface area contributed by atoms with E-state index in [1.54, 1.807) is 0 Å². The molecule has 1 heterocycles. The van der Waals surface area contributed by atoms with Crippen molar-refractivity contribution in [2.45, 2.75) is 25.0 Å². The highest BCUT2D eigenvalue weighted by atomic mass is 16.6. The molecule has 38 heavy (non-hydrogen) atoms. The van der Waals surface area contributed by atoms with Crippen LogP contribution in [-0.4, -0.2) is 96.8 Å². The van der Waals surface area contributed by atoms with Crippen molar-refractivity contribution in [2.75, 3.05) is 40.5 Å². The summed E-state index contributed by atoms with van der Waals surface area (Å²) >= 11 is 0. The van der Waals surface area contributed by atoms with Crippen molar-refractivity contribution in [2.24, 2.45) is 0 Å². The van der Waals surface area contributed by atoms with Gasteiger partial charge in [0.1, 0.15) is 11.5 Å². The molecule has 2 aromatic carbocycles. The van der Waals surface area contributed by atoms with Crippen molar-refractivity contribution in [3.8, 4) is 11.5 Å². The number of esters is 4. The summed E-state index contributed by atoms with van der Waals surface area (Å²) in [6.45, 7) is 3.58. The maximum Gasteiger partial charge on any atom is 0.346 e.